The van der Waals surface area contributed by atoms with Crippen LogP contribution in [0.1, 0.15) is 104 Å². The lowest BCUT2D eigenvalue weighted by Gasteiger charge is -2.07. The van der Waals surface area contributed by atoms with E-state index in [1.54, 1.807) is 6.08 Å². The third-order valence-electron chi connectivity index (χ3n) is 6.18. The molecule has 0 heterocycles. The highest BCUT2D eigenvalue weighted by Gasteiger charge is 2.08. The third kappa shape index (κ3) is 9.77. The molecule has 0 atom stereocenters. The van der Waals surface area contributed by atoms with Gasteiger partial charge in [-0.05, 0) is 79.5 Å². The van der Waals surface area contributed by atoms with Gasteiger partial charge in [-0.1, -0.05) is 89.0 Å². The molecule has 1 nitrogen and oxygen atoms in total. The fourth-order valence-corrected chi connectivity index (χ4v) is 4.86. The van der Waals surface area contributed by atoms with E-state index in [1.807, 2.05) is 30.8 Å². The molecule has 2 aromatic carbocycles. The van der Waals surface area contributed by atoms with E-state index in [9.17, 15) is 4.79 Å². The van der Waals surface area contributed by atoms with Gasteiger partial charge in [0.05, 0.1) is 0 Å². The number of thioether (sulfide) groups is 1. The second-order valence-electron chi connectivity index (χ2n) is 9.05. The van der Waals surface area contributed by atoms with Crippen molar-refractivity contribution in [3.63, 3.8) is 0 Å². The number of hydrogen-bond donors (Lipinski definition) is 0. The molecule has 2 rings (SSSR count). The largest absolute Gasteiger partial charge is 0.289 e. The summed E-state index contributed by atoms with van der Waals surface area (Å²) in [5.41, 5.74) is 5.31. The molecule has 0 aliphatic heterocycles. The summed E-state index contributed by atoms with van der Waals surface area (Å²) in [5, 5.41) is 0. The number of allylic oxidation sites excluding steroid dienone is 1. The number of carbonyl (C=O) groups excluding carboxylic acids is 1. The fraction of sp³-hybridized carbons (Fsp3) is 0.500. The minimum absolute atomic E-state index is 0.0741. The first-order valence-corrected chi connectivity index (χ1v) is 13.5. The molecule has 0 aliphatic carbocycles. The third-order valence-corrected chi connectivity index (χ3v) is 7.28. The average Bonchev–Trinajstić information content (AvgIpc) is 2.79. The number of unbranched alkanes of at least 4 members (excludes halogenated alkanes) is 9. The molecule has 2 heteroatoms. The van der Waals surface area contributed by atoms with Crippen molar-refractivity contribution in [2.75, 3.05) is 5.75 Å². The second-order valence-corrected chi connectivity index (χ2v) is 10.2. The molecule has 0 aromatic heterocycles. The molecule has 0 spiro atoms. The molecule has 0 fully saturated rings. The number of benzene rings is 2. The quantitative estimate of drug-likeness (QED) is 0.116. The number of rotatable bonds is 15. The maximum Gasteiger partial charge on any atom is 0.186 e. The van der Waals surface area contributed by atoms with Crippen molar-refractivity contribution >= 4 is 23.6 Å². The summed E-state index contributed by atoms with van der Waals surface area (Å²) in [6, 6.07) is 12.7. The standard InChI is InChI=1S/C30H42OS/c1-5-6-7-8-9-10-11-12-13-14-21-32-28-18-15-27(16-19-28)17-20-30(31)29-23-25(3)24(2)22-26(29)4/h15-20,22-23H,5-14,21H2,1-4H3. The molecule has 174 valence electrons. The first kappa shape index (κ1) is 26.5. The van der Waals surface area contributed by atoms with E-state index >= 15 is 0 Å². The van der Waals surface area contributed by atoms with Crippen LogP contribution in [0.15, 0.2) is 47.4 Å². The fourth-order valence-electron chi connectivity index (χ4n) is 3.94. The lowest BCUT2D eigenvalue weighted by molar-refractivity contribution is 0.104. The Hall–Kier alpha value is -1.80. The van der Waals surface area contributed by atoms with Crippen molar-refractivity contribution in [2.45, 2.75) is 96.8 Å². The Bertz CT molecular complexity index is 848. The Balaban J connectivity index is 1.66. The van der Waals surface area contributed by atoms with E-state index < -0.39 is 0 Å². The van der Waals surface area contributed by atoms with Crippen LogP contribution in [0.4, 0.5) is 0 Å². The Labute approximate surface area is 201 Å². The number of aryl methyl sites for hydroxylation is 3. The molecule has 0 saturated carbocycles. The summed E-state index contributed by atoms with van der Waals surface area (Å²) in [6.45, 7) is 8.43. The highest BCUT2D eigenvalue weighted by Crippen LogP contribution is 2.22. The zero-order chi connectivity index (χ0) is 23.2. The van der Waals surface area contributed by atoms with Crippen LogP contribution < -0.4 is 0 Å². The molecule has 0 N–H and O–H groups in total. The Morgan fingerprint density at radius 1 is 0.750 bits per heavy atom. The number of ketones is 1. The minimum atomic E-state index is 0.0741. The first-order chi connectivity index (χ1) is 15.5. The molecule has 2 aromatic rings. The zero-order valence-electron chi connectivity index (χ0n) is 20.7. The van der Waals surface area contributed by atoms with Crippen LogP contribution in [-0.2, 0) is 0 Å². The number of carbonyl (C=O) groups is 1. The van der Waals surface area contributed by atoms with Gasteiger partial charge in [0.1, 0.15) is 0 Å². The predicted molar refractivity (Wildman–Crippen MR) is 143 cm³/mol. The SMILES string of the molecule is CCCCCCCCCCCCSc1ccc(C=CC(=O)c2cc(C)c(C)cc2C)cc1. The van der Waals surface area contributed by atoms with E-state index in [2.05, 4.69) is 51.1 Å². The van der Waals surface area contributed by atoms with E-state index in [-0.39, 0.29) is 5.78 Å². The van der Waals surface area contributed by atoms with Crippen LogP contribution in [0.2, 0.25) is 0 Å². The molecule has 0 unspecified atom stereocenters. The van der Waals surface area contributed by atoms with Gasteiger partial charge in [0, 0.05) is 10.5 Å². The summed E-state index contributed by atoms with van der Waals surface area (Å²) in [4.78, 5) is 13.9. The zero-order valence-corrected chi connectivity index (χ0v) is 21.5. The normalized spacial score (nSPS) is 11.4. The van der Waals surface area contributed by atoms with Crippen molar-refractivity contribution in [3.05, 3.63) is 70.3 Å². The molecule has 0 radical (unpaired) electrons. The molecule has 0 amide bonds. The van der Waals surface area contributed by atoms with Gasteiger partial charge in [-0.15, -0.1) is 11.8 Å². The van der Waals surface area contributed by atoms with Gasteiger partial charge >= 0.3 is 0 Å². The Kier molecular flexibility index (Phi) is 12.5. The Morgan fingerprint density at radius 3 is 1.94 bits per heavy atom. The minimum Gasteiger partial charge on any atom is -0.289 e. The maximum atomic E-state index is 12.6. The van der Waals surface area contributed by atoms with Gasteiger partial charge in [-0.3, -0.25) is 4.79 Å². The van der Waals surface area contributed by atoms with Crippen molar-refractivity contribution in [2.24, 2.45) is 0 Å². The topological polar surface area (TPSA) is 17.1 Å². The Morgan fingerprint density at radius 2 is 1.31 bits per heavy atom. The van der Waals surface area contributed by atoms with Crippen molar-refractivity contribution in [1.29, 1.82) is 0 Å². The van der Waals surface area contributed by atoms with Crippen LogP contribution in [0.5, 0.6) is 0 Å². The van der Waals surface area contributed by atoms with Crippen molar-refractivity contribution in [1.82, 2.24) is 0 Å². The van der Waals surface area contributed by atoms with Crippen LogP contribution in [-0.4, -0.2) is 11.5 Å². The second kappa shape index (κ2) is 15.1. The average molecular weight is 451 g/mol. The molecule has 0 aliphatic rings. The lowest BCUT2D eigenvalue weighted by Crippen LogP contribution is -2.00. The lowest BCUT2D eigenvalue weighted by atomic mass is 9.97. The van der Waals surface area contributed by atoms with Gasteiger partial charge in [-0.2, -0.15) is 0 Å². The van der Waals surface area contributed by atoms with Crippen LogP contribution in [0.25, 0.3) is 6.08 Å². The summed E-state index contributed by atoms with van der Waals surface area (Å²) >= 11 is 1.94. The molecule has 32 heavy (non-hydrogen) atoms. The van der Waals surface area contributed by atoms with Gasteiger partial charge in [0.25, 0.3) is 0 Å². The maximum absolute atomic E-state index is 12.6. The first-order valence-electron chi connectivity index (χ1n) is 12.5. The smallest absolute Gasteiger partial charge is 0.186 e. The highest BCUT2D eigenvalue weighted by molar-refractivity contribution is 7.99. The van der Waals surface area contributed by atoms with Crippen LogP contribution >= 0.6 is 11.8 Å². The van der Waals surface area contributed by atoms with Crippen LogP contribution in [0, 0.1) is 20.8 Å². The predicted octanol–water partition coefficient (Wildman–Crippen LogP) is 9.52. The summed E-state index contributed by atoms with van der Waals surface area (Å²) < 4.78 is 0. The summed E-state index contributed by atoms with van der Waals surface area (Å²) in [5.74, 6) is 1.26. The number of hydrogen-bond acceptors (Lipinski definition) is 2. The van der Waals surface area contributed by atoms with Gasteiger partial charge < -0.3 is 0 Å². The molecule has 0 bridgehead atoms. The summed E-state index contributed by atoms with van der Waals surface area (Å²) in [7, 11) is 0. The highest BCUT2D eigenvalue weighted by atomic mass is 32.2. The van der Waals surface area contributed by atoms with E-state index in [1.165, 1.54) is 80.4 Å². The molecular formula is C30H42OS. The van der Waals surface area contributed by atoms with E-state index in [0.29, 0.717) is 0 Å². The van der Waals surface area contributed by atoms with Crippen molar-refractivity contribution < 1.29 is 4.79 Å². The van der Waals surface area contributed by atoms with Crippen molar-refractivity contribution in [3.8, 4) is 0 Å². The monoisotopic (exact) mass is 450 g/mol. The van der Waals surface area contributed by atoms with E-state index in [4.69, 9.17) is 0 Å². The molecule has 0 saturated heterocycles. The van der Waals surface area contributed by atoms with Crippen LogP contribution in [0.3, 0.4) is 0 Å². The summed E-state index contributed by atoms with van der Waals surface area (Å²) in [6.07, 6.45) is 17.5. The van der Waals surface area contributed by atoms with Gasteiger partial charge in [0.2, 0.25) is 0 Å². The van der Waals surface area contributed by atoms with E-state index in [0.717, 1.165) is 22.3 Å². The van der Waals surface area contributed by atoms with Gasteiger partial charge in [-0.25, -0.2) is 0 Å². The molecular weight excluding hydrogens is 408 g/mol. The van der Waals surface area contributed by atoms with Gasteiger partial charge in [0.15, 0.2) is 5.78 Å².